The number of anilines is 1. The fraction of sp³-hybridized carbons (Fsp3) is 0.533. The molecule has 1 fully saturated rings. The highest BCUT2D eigenvalue weighted by Crippen LogP contribution is 2.38. The summed E-state index contributed by atoms with van der Waals surface area (Å²) < 4.78 is 2.01. The predicted molar refractivity (Wildman–Crippen MR) is 88.8 cm³/mol. The summed E-state index contributed by atoms with van der Waals surface area (Å²) in [5, 5.41) is 24.0. The Hall–Kier alpha value is -1.01. The molecule has 3 rings (SSSR count). The molecule has 1 heterocycles. The summed E-state index contributed by atoms with van der Waals surface area (Å²) in [5.41, 5.74) is 1.59. The van der Waals surface area contributed by atoms with E-state index in [-0.39, 0.29) is 12.1 Å². The van der Waals surface area contributed by atoms with Gasteiger partial charge in [-0.1, -0.05) is 23.2 Å². The quantitative estimate of drug-likeness (QED) is 0.800. The lowest BCUT2D eigenvalue weighted by atomic mass is 10.2. The van der Waals surface area contributed by atoms with Gasteiger partial charge < -0.3 is 20.1 Å². The van der Waals surface area contributed by atoms with Crippen LogP contribution in [0.5, 0.6) is 0 Å². The molecule has 120 valence electrons. The zero-order chi connectivity index (χ0) is 16.0. The number of hydrogen-bond donors (Lipinski definition) is 3. The number of nitrogens with zero attached hydrogens (tertiary/aromatic N) is 2. The second-order valence-corrected chi connectivity index (χ2v) is 6.93. The Kier molecular flexibility index (Phi) is 4.25. The average Bonchev–Trinajstić information content (AvgIpc) is 2.90. The highest BCUT2D eigenvalue weighted by molar-refractivity contribution is 6.42. The van der Waals surface area contributed by atoms with Gasteiger partial charge in [0.05, 0.1) is 33.3 Å². The van der Waals surface area contributed by atoms with Gasteiger partial charge >= 0.3 is 0 Å². The Bertz CT molecular complexity index is 692. The Morgan fingerprint density at radius 2 is 1.77 bits per heavy atom. The van der Waals surface area contributed by atoms with Crippen molar-refractivity contribution in [3.05, 3.63) is 22.2 Å². The smallest absolute Gasteiger partial charge is 0.204 e. The van der Waals surface area contributed by atoms with Crippen molar-refractivity contribution in [1.82, 2.24) is 9.55 Å². The number of fused-ring (bicyclic) bond motifs is 1. The topological polar surface area (TPSA) is 70.3 Å². The van der Waals surface area contributed by atoms with E-state index in [1.165, 1.54) is 0 Å². The van der Waals surface area contributed by atoms with Crippen LogP contribution in [0.2, 0.25) is 10.0 Å². The molecule has 3 atom stereocenters. The van der Waals surface area contributed by atoms with Crippen LogP contribution in [0, 0.1) is 0 Å². The van der Waals surface area contributed by atoms with Crippen molar-refractivity contribution in [2.24, 2.45) is 0 Å². The molecule has 1 unspecified atom stereocenters. The van der Waals surface area contributed by atoms with Crippen LogP contribution in [0.4, 0.5) is 5.95 Å². The van der Waals surface area contributed by atoms with Crippen LogP contribution in [-0.4, -0.2) is 38.0 Å². The van der Waals surface area contributed by atoms with Gasteiger partial charge in [-0.15, -0.1) is 0 Å². The molecule has 0 radical (unpaired) electrons. The second-order valence-electron chi connectivity index (χ2n) is 6.12. The van der Waals surface area contributed by atoms with E-state index in [0.717, 1.165) is 11.0 Å². The van der Waals surface area contributed by atoms with Crippen molar-refractivity contribution in [1.29, 1.82) is 0 Å². The SMILES string of the molecule is CC(C)Nc1nc2cc(Cl)c(Cl)cc2n1C1C[C@@H](O)[C@@H](O)C1. The molecule has 2 aromatic rings. The first-order valence-electron chi connectivity index (χ1n) is 7.36. The summed E-state index contributed by atoms with van der Waals surface area (Å²) >= 11 is 12.2. The first-order chi connectivity index (χ1) is 10.4. The molecular formula is C15H19Cl2N3O2. The number of rotatable bonds is 3. The van der Waals surface area contributed by atoms with Crippen LogP contribution in [0.3, 0.4) is 0 Å². The third kappa shape index (κ3) is 2.78. The second kappa shape index (κ2) is 5.89. The molecular weight excluding hydrogens is 325 g/mol. The molecule has 0 saturated heterocycles. The van der Waals surface area contributed by atoms with E-state index in [4.69, 9.17) is 23.2 Å². The van der Waals surface area contributed by atoms with Crippen LogP contribution in [-0.2, 0) is 0 Å². The molecule has 1 saturated carbocycles. The molecule has 1 aliphatic carbocycles. The van der Waals surface area contributed by atoms with Crippen molar-refractivity contribution < 1.29 is 10.2 Å². The summed E-state index contributed by atoms with van der Waals surface area (Å²) in [5.74, 6) is 0.703. The summed E-state index contributed by atoms with van der Waals surface area (Å²) in [6.45, 7) is 4.06. The molecule has 0 amide bonds. The van der Waals surface area contributed by atoms with E-state index in [1.807, 2.05) is 18.4 Å². The zero-order valence-electron chi connectivity index (χ0n) is 12.4. The lowest BCUT2D eigenvalue weighted by molar-refractivity contribution is 0.0438. The molecule has 1 aromatic carbocycles. The Morgan fingerprint density at radius 3 is 2.36 bits per heavy atom. The number of aromatic nitrogens is 2. The van der Waals surface area contributed by atoms with Gasteiger partial charge in [0.2, 0.25) is 5.95 Å². The standard InChI is InChI=1S/C15H19Cl2N3O2/c1-7(2)18-15-19-11-5-9(16)10(17)6-12(11)20(15)8-3-13(21)14(22)4-8/h5-8,13-14,21-22H,3-4H2,1-2H3,(H,18,19)/t8?,13-,14+. The van der Waals surface area contributed by atoms with Gasteiger partial charge in [-0.25, -0.2) is 4.98 Å². The van der Waals surface area contributed by atoms with Crippen LogP contribution in [0.15, 0.2) is 12.1 Å². The van der Waals surface area contributed by atoms with E-state index in [0.29, 0.717) is 28.8 Å². The van der Waals surface area contributed by atoms with Crippen LogP contribution in [0.1, 0.15) is 32.7 Å². The van der Waals surface area contributed by atoms with Gasteiger partial charge in [0.1, 0.15) is 0 Å². The van der Waals surface area contributed by atoms with Gasteiger partial charge in [0.25, 0.3) is 0 Å². The molecule has 1 aromatic heterocycles. The van der Waals surface area contributed by atoms with Crippen molar-refractivity contribution in [3.8, 4) is 0 Å². The molecule has 1 aliphatic rings. The first kappa shape index (κ1) is 15.9. The first-order valence-corrected chi connectivity index (χ1v) is 8.12. The minimum Gasteiger partial charge on any atom is -0.390 e. The van der Waals surface area contributed by atoms with Crippen molar-refractivity contribution in [3.63, 3.8) is 0 Å². The number of aliphatic hydroxyl groups is 2. The Balaban J connectivity index is 2.14. The fourth-order valence-corrected chi connectivity index (χ4v) is 3.31. The summed E-state index contributed by atoms with van der Waals surface area (Å²) in [6, 6.07) is 3.70. The van der Waals surface area contributed by atoms with Crippen molar-refractivity contribution >= 4 is 40.2 Å². The molecule has 3 N–H and O–H groups in total. The maximum absolute atomic E-state index is 9.86. The monoisotopic (exact) mass is 343 g/mol. The van der Waals surface area contributed by atoms with E-state index in [9.17, 15) is 10.2 Å². The van der Waals surface area contributed by atoms with Crippen molar-refractivity contribution in [2.75, 3.05) is 5.32 Å². The number of halogens is 2. The number of benzene rings is 1. The molecule has 22 heavy (non-hydrogen) atoms. The van der Waals surface area contributed by atoms with Gasteiger partial charge in [0.15, 0.2) is 0 Å². The fourth-order valence-electron chi connectivity index (χ4n) is 3.00. The largest absolute Gasteiger partial charge is 0.390 e. The average molecular weight is 344 g/mol. The normalized spacial score (nSPS) is 25.3. The van der Waals surface area contributed by atoms with Gasteiger partial charge in [-0.05, 0) is 38.8 Å². The lowest BCUT2D eigenvalue weighted by Crippen LogP contribution is -2.17. The van der Waals surface area contributed by atoms with Gasteiger partial charge in [0, 0.05) is 12.1 Å². The molecule has 5 nitrogen and oxygen atoms in total. The Morgan fingerprint density at radius 1 is 1.18 bits per heavy atom. The highest BCUT2D eigenvalue weighted by atomic mass is 35.5. The third-order valence-electron chi connectivity index (χ3n) is 3.99. The third-order valence-corrected chi connectivity index (χ3v) is 4.71. The van der Waals surface area contributed by atoms with E-state index in [1.54, 1.807) is 12.1 Å². The number of nitrogens with one attached hydrogen (secondary N) is 1. The van der Waals surface area contributed by atoms with E-state index in [2.05, 4.69) is 10.3 Å². The molecule has 7 heteroatoms. The van der Waals surface area contributed by atoms with E-state index < -0.39 is 12.2 Å². The minimum absolute atomic E-state index is 0.0338. The van der Waals surface area contributed by atoms with Crippen molar-refractivity contribution in [2.45, 2.75) is 51.0 Å². The van der Waals surface area contributed by atoms with Gasteiger partial charge in [-0.3, -0.25) is 0 Å². The number of imidazole rings is 1. The summed E-state index contributed by atoms with van der Waals surface area (Å²) in [7, 11) is 0. The number of hydrogen-bond acceptors (Lipinski definition) is 4. The van der Waals surface area contributed by atoms with E-state index >= 15 is 0 Å². The summed E-state index contributed by atoms with van der Waals surface area (Å²) in [4.78, 5) is 4.59. The molecule has 0 spiro atoms. The predicted octanol–water partition coefficient (Wildman–Crippen LogP) is 3.22. The molecule has 0 bridgehead atoms. The zero-order valence-corrected chi connectivity index (χ0v) is 13.9. The lowest BCUT2D eigenvalue weighted by Gasteiger charge is -2.18. The maximum Gasteiger partial charge on any atom is 0.204 e. The summed E-state index contributed by atoms with van der Waals surface area (Å²) in [6.07, 6.45) is -0.450. The van der Waals surface area contributed by atoms with Crippen LogP contribution >= 0.6 is 23.2 Å². The highest BCUT2D eigenvalue weighted by Gasteiger charge is 2.34. The van der Waals surface area contributed by atoms with Crippen LogP contribution in [0.25, 0.3) is 11.0 Å². The molecule has 0 aliphatic heterocycles. The van der Waals surface area contributed by atoms with Gasteiger partial charge in [-0.2, -0.15) is 0 Å². The maximum atomic E-state index is 9.86. The number of aliphatic hydroxyl groups excluding tert-OH is 2. The van der Waals surface area contributed by atoms with Crippen LogP contribution < -0.4 is 5.32 Å². The Labute approximate surface area is 138 Å². The minimum atomic E-state index is -0.711.